The third-order valence-electron chi connectivity index (χ3n) is 1.76. The Morgan fingerprint density at radius 1 is 1.67 bits per heavy atom. The van der Waals surface area contributed by atoms with Gasteiger partial charge < -0.3 is 10.8 Å². The van der Waals surface area contributed by atoms with Crippen molar-refractivity contribution in [3.8, 4) is 0 Å². The van der Waals surface area contributed by atoms with E-state index >= 15 is 0 Å². The maximum atomic E-state index is 12.3. The first-order valence-electron chi connectivity index (χ1n) is 3.84. The molecule has 1 heterocycles. The van der Waals surface area contributed by atoms with Gasteiger partial charge in [0.05, 0.1) is 11.4 Å². The topological polar surface area (TPSA) is 76.2 Å². The number of nitrogens with two attached hydrogens (primary N) is 1. The molecule has 4 nitrogen and oxygen atoms in total. The van der Waals surface area contributed by atoms with Crippen molar-refractivity contribution in [1.29, 1.82) is 0 Å². The summed E-state index contributed by atoms with van der Waals surface area (Å²) in [7, 11) is 0. The molecule has 7 heteroatoms. The number of carbonyl (C=O) groups is 1. The third kappa shape index (κ3) is 2.33. The van der Waals surface area contributed by atoms with Gasteiger partial charge in [0.15, 0.2) is 0 Å². The lowest BCUT2D eigenvalue weighted by molar-refractivity contribution is 0.0695. The number of rotatable bonds is 3. The molecule has 0 radical (unpaired) electrons. The number of nitrogen functional groups attached to an aromatic ring is 1. The van der Waals surface area contributed by atoms with E-state index in [1.807, 2.05) is 0 Å². The van der Waals surface area contributed by atoms with Crippen LogP contribution < -0.4 is 5.73 Å². The molecule has 1 rings (SSSR count). The first kappa shape index (κ1) is 11.6. The van der Waals surface area contributed by atoms with Crippen molar-refractivity contribution in [2.75, 3.05) is 5.73 Å². The number of aromatic carboxylic acids is 1. The van der Waals surface area contributed by atoms with Gasteiger partial charge in [-0.15, -0.1) is 11.6 Å². The van der Waals surface area contributed by atoms with Crippen molar-refractivity contribution < 1.29 is 18.7 Å². The first-order valence-corrected chi connectivity index (χ1v) is 4.37. The van der Waals surface area contributed by atoms with E-state index in [9.17, 15) is 13.6 Å². The number of alkyl halides is 3. The van der Waals surface area contributed by atoms with Crippen molar-refractivity contribution in [2.45, 2.75) is 12.3 Å². The summed E-state index contributed by atoms with van der Waals surface area (Å²) < 4.78 is 24.6. The lowest BCUT2D eigenvalue weighted by Crippen LogP contribution is -2.09. The minimum absolute atomic E-state index is 0.0496. The molecule has 0 saturated heterocycles. The van der Waals surface area contributed by atoms with Gasteiger partial charge in [0.25, 0.3) is 6.43 Å². The highest BCUT2D eigenvalue weighted by Crippen LogP contribution is 2.24. The fourth-order valence-corrected chi connectivity index (χ4v) is 1.34. The average molecular weight is 237 g/mol. The van der Waals surface area contributed by atoms with Crippen molar-refractivity contribution in [3.63, 3.8) is 0 Å². The molecule has 0 aliphatic rings. The Hall–Kier alpha value is -1.43. The standard InChI is InChI=1S/C8H7ClF2N2O2/c9-2-4-3(8(14)15)1-5(6(10)11)13-7(4)12/h1,6H,2H2,(H2,12,13)(H,14,15). The number of hydrogen-bond donors (Lipinski definition) is 2. The van der Waals surface area contributed by atoms with E-state index in [2.05, 4.69) is 4.98 Å². The highest BCUT2D eigenvalue weighted by molar-refractivity contribution is 6.18. The number of carboxylic acid groups (broad SMARTS) is 1. The van der Waals surface area contributed by atoms with Gasteiger partial charge in [-0.2, -0.15) is 0 Å². The number of hydrogen-bond acceptors (Lipinski definition) is 3. The molecule has 0 unspecified atom stereocenters. The van der Waals surface area contributed by atoms with Crippen LogP contribution in [0.2, 0.25) is 0 Å². The summed E-state index contributed by atoms with van der Waals surface area (Å²) in [5, 5.41) is 8.74. The van der Waals surface area contributed by atoms with Crippen LogP contribution in [0.3, 0.4) is 0 Å². The number of pyridine rings is 1. The van der Waals surface area contributed by atoms with Crippen molar-refractivity contribution >= 4 is 23.4 Å². The largest absolute Gasteiger partial charge is 0.478 e. The Morgan fingerprint density at radius 2 is 2.27 bits per heavy atom. The molecule has 82 valence electrons. The van der Waals surface area contributed by atoms with Crippen LogP contribution >= 0.6 is 11.6 Å². The minimum Gasteiger partial charge on any atom is -0.478 e. The van der Waals surface area contributed by atoms with Gasteiger partial charge in [-0.1, -0.05) is 0 Å². The molecule has 1 aromatic heterocycles. The van der Waals surface area contributed by atoms with E-state index in [4.69, 9.17) is 22.4 Å². The first-order chi connectivity index (χ1) is 6.97. The Morgan fingerprint density at radius 3 is 2.67 bits per heavy atom. The summed E-state index contributed by atoms with van der Waals surface area (Å²) >= 11 is 5.44. The maximum absolute atomic E-state index is 12.3. The highest BCUT2D eigenvalue weighted by Gasteiger charge is 2.19. The van der Waals surface area contributed by atoms with Crippen LogP contribution in [0, 0.1) is 0 Å². The molecular formula is C8H7ClF2N2O2. The van der Waals surface area contributed by atoms with E-state index in [1.165, 1.54) is 0 Å². The van der Waals surface area contributed by atoms with Crippen molar-refractivity contribution in [1.82, 2.24) is 4.98 Å². The lowest BCUT2D eigenvalue weighted by atomic mass is 10.1. The molecule has 15 heavy (non-hydrogen) atoms. The Labute approximate surface area is 88.7 Å². The Balaban J connectivity index is 3.38. The van der Waals surface area contributed by atoms with Gasteiger partial charge in [-0.05, 0) is 6.07 Å². The van der Waals surface area contributed by atoms with Crippen LogP contribution in [0.1, 0.15) is 28.0 Å². The second kappa shape index (κ2) is 4.39. The van der Waals surface area contributed by atoms with Gasteiger partial charge in [0, 0.05) is 5.56 Å². The zero-order chi connectivity index (χ0) is 11.6. The molecular weight excluding hydrogens is 230 g/mol. The maximum Gasteiger partial charge on any atom is 0.336 e. The fraction of sp³-hybridized carbons (Fsp3) is 0.250. The molecule has 0 aromatic carbocycles. The summed E-state index contributed by atoms with van der Waals surface area (Å²) in [6, 6.07) is 0.779. The van der Waals surface area contributed by atoms with Crippen LogP contribution in [0.4, 0.5) is 14.6 Å². The molecule has 0 atom stereocenters. The molecule has 0 amide bonds. The van der Waals surface area contributed by atoms with Crippen LogP contribution in [0.25, 0.3) is 0 Å². The van der Waals surface area contributed by atoms with Gasteiger partial charge in [-0.3, -0.25) is 0 Å². The van der Waals surface area contributed by atoms with Gasteiger partial charge in [-0.25, -0.2) is 18.6 Å². The van der Waals surface area contributed by atoms with Gasteiger partial charge >= 0.3 is 5.97 Å². The molecule has 3 N–H and O–H groups in total. The van der Waals surface area contributed by atoms with Gasteiger partial charge in [0.1, 0.15) is 11.5 Å². The zero-order valence-corrected chi connectivity index (χ0v) is 8.13. The summed E-state index contributed by atoms with van der Waals surface area (Å²) in [5.41, 5.74) is 4.36. The molecule has 0 saturated carbocycles. The SMILES string of the molecule is Nc1nc(C(F)F)cc(C(=O)O)c1CCl. The van der Waals surface area contributed by atoms with Crippen molar-refractivity contribution in [3.05, 3.63) is 22.9 Å². The summed E-state index contributed by atoms with van der Waals surface area (Å²) in [4.78, 5) is 14.1. The second-order valence-electron chi connectivity index (χ2n) is 2.70. The monoisotopic (exact) mass is 236 g/mol. The van der Waals surface area contributed by atoms with Crippen LogP contribution in [-0.4, -0.2) is 16.1 Å². The van der Waals surface area contributed by atoms with E-state index in [0.29, 0.717) is 0 Å². The average Bonchev–Trinajstić information content (AvgIpc) is 2.16. The molecule has 0 fully saturated rings. The Bertz CT molecular complexity index is 398. The molecule has 0 aliphatic heterocycles. The predicted octanol–water partition coefficient (Wildman–Crippen LogP) is 2.04. The molecule has 0 spiro atoms. The lowest BCUT2D eigenvalue weighted by Gasteiger charge is -2.08. The highest BCUT2D eigenvalue weighted by atomic mass is 35.5. The quantitative estimate of drug-likeness (QED) is 0.788. The Kier molecular flexibility index (Phi) is 3.41. The number of anilines is 1. The summed E-state index contributed by atoms with van der Waals surface area (Å²) in [6.07, 6.45) is -2.87. The normalized spacial score (nSPS) is 10.7. The second-order valence-corrected chi connectivity index (χ2v) is 2.97. The minimum atomic E-state index is -2.87. The fourth-order valence-electron chi connectivity index (χ4n) is 1.05. The number of aromatic nitrogens is 1. The van der Waals surface area contributed by atoms with E-state index in [-0.39, 0.29) is 22.8 Å². The predicted molar refractivity (Wildman–Crippen MR) is 50.1 cm³/mol. The smallest absolute Gasteiger partial charge is 0.336 e. The van der Waals surface area contributed by atoms with E-state index in [1.54, 1.807) is 0 Å². The third-order valence-corrected chi connectivity index (χ3v) is 2.03. The van der Waals surface area contributed by atoms with Gasteiger partial charge in [0.2, 0.25) is 0 Å². The van der Waals surface area contributed by atoms with Crippen LogP contribution in [-0.2, 0) is 5.88 Å². The van der Waals surface area contributed by atoms with E-state index in [0.717, 1.165) is 6.07 Å². The molecule has 0 aliphatic carbocycles. The summed E-state index contributed by atoms with van der Waals surface area (Å²) in [5.74, 6) is -1.83. The number of nitrogens with zero attached hydrogens (tertiary/aromatic N) is 1. The van der Waals surface area contributed by atoms with E-state index < -0.39 is 18.1 Å². The van der Waals surface area contributed by atoms with Crippen LogP contribution in [0.15, 0.2) is 6.07 Å². The van der Waals surface area contributed by atoms with Crippen molar-refractivity contribution in [2.24, 2.45) is 0 Å². The van der Waals surface area contributed by atoms with Crippen LogP contribution in [0.5, 0.6) is 0 Å². The molecule has 1 aromatic rings. The zero-order valence-electron chi connectivity index (χ0n) is 7.38. The number of carboxylic acids is 1. The molecule has 0 bridgehead atoms. The summed E-state index contributed by atoms with van der Waals surface area (Å²) in [6.45, 7) is 0. The number of halogens is 3.